The first-order valence-corrected chi connectivity index (χ1v) is 7.51. The number of hydrogen-bond acceptors (Lipinski definition) is 6. The minimum absolute atomic E-state index is 0.0380. The van der Waals surface area contributed by atoms with Crippen LogP contribution in [0.3, 0.4) is 0 Å². The summed E-state index contributed by atoms with van der Waals surface area (Å²) in [7, 11) is 0. The van der Waals surface area contributed by atoms with E-state index >= 15 is 0 Å². The molecule has 3 heterocycles. The van der Waals surface area contributed by atoms with Crippen LogP contribution >= 0.6 is 0 Å². The molecule has 4 rings (SSSR count). The smallest absolute Gasteiger partial charge is 0.313 e. The molecule has 25 heavy (non-hydrogen) atoms. The van der Waals surface area contributed by atoms with Gasteiger partial charge in [0, 0.05) is 24.2 Å². The maximum absolute atomic E-state index is 12.9. The number of hydrogen-bond donors (Lipinski definition) is 0. The van der Waals surface area contributed by atoms with Crippen molar-refractivity contribution < 1.29 is 14.5 Å². The summed E-state index contributed by atoms with van der Waals surface area (Å²) in [5.41, 5.74) is 0.626. The summed E-state index contributed by atoms with van der Waals surface area (Å²) in [6.07, 6.45) is 1.50. The third kappa shape index (κ3) is 2.44. The topological polar surface area (TPSA) is 104 Å². The van der Waals surface area contributed by atoms with E-state index in [-0.39, 0.29) is 29.1 Å². The van der Waals surface area contributed by atoms with E-state index in [1.54, 1.807) is 30.5 Å². The van der Waals surface area contributed by atoms with Gasteiger partial charge in [0.2, 0.25) is 5.88 Å². The van der Waals surface area contributed by atoms with Crippen LogP contribution in [0.1, 0.15) is 23.5 Å². The molecule has 0 saturated carbocycles. The predicted molar refractivity (Wildman–Crippen MR) is 86.7 cm³/mol. The number of non-ortho nitro benzene ring substituents is 1. The molecule has 124 valence electrons. The highest BCUT2D eigenvalue weighted by Gasteiger charge is 2.33. The average Bonchev–Trinajstić information content (AvgIpc) is 2.61. The van der Waals surface area contributed by atoms with E-state index in [1.165, 1.54) is 22.6 Å². The van der Waals surface area contributed by atoms with Crippen LogP contribution in [0, 0.1) is 10.1 Å². The molecular formula is C17H11N3O5. The number of aromatic nitrogens is 2. The molecule has 0 radical (unpaired) electrons. The largest absolute Gasteiger partial charge is 0.407 e. The second-order valence-corrected chi connectivity index (χ2v) is 5.65. The first kappa shape index (κ1) is 15.0. The molecule has 0 amide bonds. The number of nitro benzene ring substituents is 1. The Balaban J connectivity index is 1.97. The highest BCUT2D eigenvalue weighted by Crippen LogP contribution is 2.36. The Hall–Kier alpha value is -3.55. The molecule has 1 aliphatic heterocycles. The SMILES string of the molecule is O=C1C[C@@H](c2cccc([N+](=O)[O-])c2)c2c(nc3ccccn3c2=O)O1. The van der Waals surface area contributed by atoms with Crippen LogP contribution in [-0.4, -0.2) is 20.3 Å². The van der Waals surface area contributed by atoms with Crippen molar-refractivity contribution in [3.8, 4) is 5.88 Å². The quantitative estimate of drug-likeness (QED) is 0.403. The van der Waals surface area contributed by atoms with Gasteiger partial charge in [-0.2, -0.15) is 4.98 Å². The highest BCUT2D eigenvalue weighted by atomic mass is 16.6. The summed E-state index contributed by atoms with van der Waals surface area (Å²) in [5.74, 6) is -1.21. The summed E-state index contributed by atoms with van der Waals surface area (Å²) in [6, 6.07) is 10.9. The summed E-state index contributed by atoms with van der Waals surface area (Å²) in [5, 5.41) is 11.0. The predicted octanol–water partition coefficient (Wildman–Crippen LogP) is 2.04. The van der Waals surface area contributed by atoms with Crippen LogP contribution in [0.4, 0.5) is 5.69 Å². The number of nitro groups is 1. The van der Waals surface area contributed by atoms with Gasteiger partial charge in [-0.3, -0.25) is 24.1 Å². The van der Waals surface area contributed by atoms with Crippen molar-refractivity contribution in [3.05, 3.63) is 80.3 Å². The number of esters is 1. The molecule has 0 bridgehead atoms. The van der Waals surface area contributed by atoms with Gasteiger partial charge in [-0.1, -0.05) is 18.2 Å². The van der Waals surface area contributed by atoms with Gasteiger partial charge in [-0.05, 0) is 17.7 Å². The van der Waals surface area contributed by atoms with Crippen molar-refractivity contribution in [2.75, 3.05) is 0 Å². The van der Waals surface area contributed by atoms with Crippen LogP contribution in [0.25, 0.3) is 5.65 Å². The van der Waals surface area contributed by atoms with E-state index in [2.05, 4.69) is 4.98 Å². The molecule has 2 aromatic heterocycles. The van der Waals surface area contributed by atoms with Gasteiger partial charge < -0.3 is 4.74 Å². The fourth-order valence-electron chi connectivity index (χ4n) is 3.02. The summed E-state index contributed by atoms with van der Waals surface area (Å²) in [6.45, 7) is 0. The summed E-state index contributed by atoms with van der Waals surface area (Å²) in [4.78, 5) is 39.6. The number of carbonyl (C=O) groups excluding carboxylic acids is 1. The number of pyridine rings is 1. The van der Waals surface area contributed by atoms with Crippen molar-refractivity contribution >= 4 is 17.3 Å². The van der Waals surface area contributed by atoms with Crippen LogP contribution in [-0.2, 0) is 4.79 Å². The normalized spacial score (nSPS) is 16.3. The first-order chi connectivity index (χ1) is 12.0. The Morgan fingerprint density at radius 3 is 2.84 bits per heavy atom. The van der Waals surface area contributed by atoms with Gasteiger partial charge in [0.15, 0.2) is 0 Å². The Morgan fingerprint density at radius 1 is 1.20 bits per heavy atom. The minimum atomic E-state index is -0.645. The first-order valence-electron chi connectivity index (χ1n) is 7.51. The van der Waals surface area contributed by atoms with Gasteiger partial charge in [0.1, 0.15) is 5.65 Å². The molecule has 0 fully saturated rings. The molecule has 1 aromatic carbocycles. The number of fused-ring (bicyclic) bond motifs is 2. The number of carbonyl (C=O) groups is 1. The Bertz CT molecular complexity index is 1090. The lowest BCUT2D eigenvalue weighted by Gasteiger charge is -2.23. The van der Waals surface area contributed by atoms with E-state index in [0.717, 1.165) is 0 Å². The standard InChI is InChI=1S/C17H11N3O5/c21-14-9-12(10-4-3-5-11(8-10)20(23)24)15-16(25-14)18-13-6-1-2-7-19(13)17(15)22/h1-8,12H,9H2/t12-/m0/s1. The van der Waals surface area contributed by atoms with Gasteiger partial charge in [0.25, 0.3) is 11.2 Å². The van der Waals surface area contributed by atoms with Crippen molar-refractivity contribution in [3.63, 3.8) is 0 Å². The molecule has 1 aliphatic rings. The van der Waals surface area contributed by atoms with Gasteiger partial charge in [-0.15, -0.1) is 0 Å². The summed E-state index contributed by atoms with van der Waals surface area (Å²) >= 11 is 0. The van der Waals surface area contributed by atoms with E-state index in [4.69, 9.17) is 4.74 Å². The maximum Gasteiger partial charge on any atom is 0.313 e. The highest BCUT2D eigenvalue weighted by molar-refractivity contribution is 5.77. The lowest BCUT2D eigenvalue weighted by molar-refractivity contribution is -0.384. The van der Waals surface area contributed by atoms with Crippen molar-refractivity contribution in [1.82, 2.24) is 9.38 Å². The third-order valence-electron chi connectivity index (χ3n) is 4.15. The van der Waals surface area contributed by atoms with Gasteiger partial charge in [0.05, 0.1) is 16.9 Å². The van der Waals surface area contributed by atoms with Crippen molar-refractivity contribution in [2.24, 2.45) is 0 Å². The maximum atomic E-state index is 12.9. The second-order valence-electron chi connectivity index (χ2n) is 5.65. The fourth-order valence-corrected chi connectivity index (χ4v) is 3.02. The number of rotatable bonds is 2. The summed E-state index contributed by atoms with van der Waals surface area (Å²) < 4.78 is 6.52. The van der Waals surface area contributed by atoms with Crippen LogP contribution in [0.2, 0.25) is 0 Å². The molecule has 8 nitrogen and oxygen atoms in total. The molecule has 0 aliphatic carbocycles. The Morgan fingerprint density at radius 2 is 2.04 bits per heavy atom. The van der Waals surface area contributed by atoms with Crippen LogP contribution < -0.4 is 10.3 Å². The van der Waals surface area contributed by atoms with Gasteiger partial charge >= 0.3 is 5.97 Å². The Kier molecular flexibility index (Phi) is 3.31. The van der Waals surface area contributed by atoms with Crippen LogP contribution in [0.5, 0.6) is 5.88 Å². The third-order valence-corrected chi connectivity index (χ3v) is 4.15. The zero-order valence-corrected chi connectivity index (χ0v) is 12.8. The van der Waals surface area contributed by atoms with Gasteiger partial charge in [-0.25, -0.2) is 0 Å². The molecule has 3 aromatic rings. The molecule has 0 unspecified atom stereocenters. The van der Waals surface area contributed by atoms with E-state index in [9.17, 15) is 19.7 Å². The van der Waals surface area contributed by atoms with E-state index < -0.39 is 16.8 Å². The average molecular weight is 337 g/mol. The molecule has 0 saturated heterocycles. The number of ether oxygens (including phenoxy) is 1. The van der Waals surface area contributed by atoms with E-state index in [0.29, 0.717) is 11.2 Å². The minimum Gasteiger partial charge on any atom is -0.407 e. The lowest BCUT2D eigenvalue weighted by Crippen LogP contribution is -2.31. The van der Waals surface area contributed by atoms with Crippen molar-refractivity contribution in [2.45, 2.75) is 12.3 Å². The molecule has 8 heteroatoms. The zero-order chi connectivity index (χ0) is 17.6. The van der Waals surface area contributed by atoms with Crippen molar-refractivity contribution in [1.29, 1.82) is 0 Å². The number of nitrogens with zero attached hydrogens (tertiary/aromatic N) is 3. The lowest BCUT2D eigenvalue weighted by atomic mass is 9.88. The Labute approximate surface area is 140 Å². The molecule has 0 N–H and O–H groups in total. The molecular weight excluding hydrogens is 326 g/mol. The monoisotopic (exact) mass is 337 g/mol. The molecule has 1 atom stereocenters. The number of benzene rings is 1. The fraction of sp³-hybridized carbons (Fsp3) is 0.118. The van der Waals surface area contributed by atoms with E-state index in [1.807, 2.05) is 0 Å². The molecule has 0 spiro atoms. The van der Waals surface area contributed by atoms with Crippen LogP contribution in [0.15, 0.2) is 53.5 Å². The zero-order valence-electron chi connectivity index (χ0n) is 12.8. The second kappa shape index (κ2) is 5.52.